The Balaban J connectivity index is 1.84. The largest absolute Gasteiger partial charge is 0.350 e. The van der Waals surface area contributed by atoms with Crippen molar-refractivity contribution in [3.63, 3.8) is 0 Å². The summed E-state index contributed by atoms with van der Waals surface area (Å²) in [6.07, 6.45) is 0.137. The van der Waals surface area contributed by atoms with E-state index in [0.29, 0.717) is 5.56 Å². The number of anilines is 1. The highest BCUT2D eigenvalue weighted by atomic mass is 35.5. The van der Waals surface area contributed by atoms with E-state index in [-0.39, 0.29) is 33.6 Å². The molecule has 1 atom stereocenters. The number of nitrogens with zero attached hydrogens (tertiary/aromatic N) is 2. The Kier molecular flexibility index (Phi) is 11.1. The van der Waals surface area contributed by atoms with Crippen LogP contribution >= 0.6 is 23.2 Å². The lowest BCUT2D eigenvalue weighted by Gasteiger charge is -2.35. The molecule has 2 amide bonds. The van der Waals surface area contributed by atoms with E-state index in [1.54, 1.807) is 12.1 Å². The summed E-state index contributed by atoms with van der Waals surface area (Å²) in [5.74, 6) is -1.57. The summed E-state index contributed by atoms with van der Waals surface area (Å²) in [5, 5.41) is 3.24. The van der Waals surface area contributed by atoms with Gasteiger partial charge in [0.15, 0.2) is 0 Å². The average molecular weight is 685 g/mol. The van der Waals surface area contributed by atoms with Gasteiger partial charge in [0.25, 0.3) is 10.0 Å². The van der Waals surface area contributed by atoms with Gasteiger partial charge in [0.2, 0.25) is 11.8 Å². The van der Waals surface area contributed by atoms with Gasteiger partial charge < -0.3 is 10.2 Å². The molecule has 0 spiro atoms. The summed E-state index contributed by atoms with van der Waals surface area (Å²) < 4.78 is 43.1. The van der Waals surface area contributed by atoms with Gasteiger partial charge in [0.05, 0.1) is 15.6 Å². The van der Waals surface area contributed by atoms with E-state index in [2.05, 4.69) is 5.32 Å². The molecule has 4 aromatic carbocycles. The molecule has 1 N–H and O–H groups in total. The smallest absolute Gasteiger partial charge is 0.264 e. The van der Waals surface area contributed by atoms with Crippen LogP contribution in [0.3, 0.4) is 0 Å². The highest BCUT2D eigenvalue weighted by molar-refractivity contribution is 7.92. The Hall–Kier alpha value is -3.92. The maximum Gasteiger partial charge on any atom is 0.264 e. The highest BCUT2D eigenvalue weighted by Gasteiger charge is 2.36. The van der Waals surface area contributed by atoms with Crippen LogP contribution in [-0.4, -0.2) is 43.3 Å². The molecule has 242 valence electrons. The molecule has 0 saturated heterocycles. The van der Waals surface area contributed by atoms with E-state index >= 15 is 0 Å². The van der Waals surface area contributed by atoms with Gasteiger partial charge in [-0.2, -0.15) is 0 Å². The van der Waals surface area contributed by atoms with E-state index in [4.69, 9.17) is 23.2 Å². The molecule has 0 fully saturated rings. The number of carbonyl (C=O) groups is 2. The van der Waals surface area contributed by atoms with E-state index in [9.17, 15) is 22.4 Å². The molecule has 4 aromatic rings. The number of amides is 2. The van der Waals surface area contributed by atoms with Crippen molar-refractivity contribution in [3.05, 3.63) is 130 Å². The maximum absolute atomic E-state index is 14.5. The van der Waals surface area contributed by atoms with Crippen LogP contribution in [0.4, 0.5) is 10.1 Å². The van der Waals surface area contributed by atoms with Crippen LogP contribution < -0.4 is 9.62 Å². The molecule has 0 saturated carbocycles. The Morgan fingerprint density at radius 3 is 2.11 bits per heavy atom. The Morgan fingerprint density at radius 1 is 0.870 bits per heavy atom. The number of rotatable bonds is 11. The fourth-order valence-electron chi connectivity index (χ4n) is 4.82. The molecule has 1 unspecified atom stereocenters. The monoisotopic (exact) mass is 683 g/mol. The van der Waals surface area contributed by atoms with Gasteiger partial charge >= 0.3 is 0 Å². The van der Waals surface area contributed by atoms with Crippen molar-refractivity contribution < 1.29 is 22.4 Å². The van der Waals surface area contributed by atoms with Gasteiger partial charge in [-0.25, -0.2) is 12.8 Å². The Labute approximate surface area is 280 Å². The Morgan fingerprint density at radius 2 is 1.50 bits per heavy atom. The second-order valence-electron chi connectivity index (χ2n) is 12.0. The van der Waals surface area contributed by atoms with Crippen LogP contribution in [0.15, 0.2) is 102 Å². The van der Waals surface area contributed by atoms with Crippen LogP contribution in [-0.2, 0) is 32.6 Å². The van der Waals surface area contributed by atoms with Crippen molar-refractivity contribution >= 4 is 50.7 Å². The molecular formula is C35H36Cl2FN3O4S. The standard InChI is InChI=1S/C35H36Cl2FN3O4S/c1-24-10-17-29(18-11-24)46(44,45)41(31-21-27(36)14-19-30(31)37)23-33(42)40(22-26-12-15-28(38)16-13-26)32(34(43)39-35(2,3)4)20-25-8-6-5-7-9-25/h5-19,21,32H,20,22-23H2,1-4H3,(H,39,43). The molecule has 0 heterocycles. The lowest BCUT2D eigenvalue weighted by atomic mass is 10.0. The fourth-order valence-corrected chi connectivity index (χ4v) is 6.68. The minimum absolute atomic E-state index is 0.00331. The maximum atomic E-state index is 14.5. The van der Waals surface area contributed by atoms with Gasteiger partial charge in [-0.05, 0) is 81.3 Å². The zero-order valence-corrected chi connectivity index (χ0v) is 28.3. The van der Waals surface area contributed by atoms with Gasteiger partial charge in [-0.1, -0.05) is 83.4 Å². The molecule has 11 heteroatoms. The second-order valence-corrected chi connectivity index (χ2v) is 14.7. The molecule has 0 aliphatic heterocycles. The van der Waals surface area contributed by atoms with E-state index in [0.717, 1.165) is 15.4 Å². The number of hydrogen-bond donors (Lipinski definition) is 1. The van der Waals surface area contributed by atoms with E-state index in [1.807, 2.05) is 58.0 Å². The third kappa shape index (κ3) is 9.09. The number of sulfonamides is 1. The van der Waals surface area contributed by atoms with Crippen LogP contribution in [0, 0.1) is 12.7 Å². The van der Waals surface area contributed by atoms with Crippen molar-refractivity contribution in [3.8, 4) is 0 Å². The SMILES string of the molecule is Cc1ccc(S(=O)(=O)N(CC(=O)N(Cc2ccc(F)cc2)C(Cc2ccccc2)C(=O)NC(C)(C)C)c2cc(Cl)ccc2Cl)cc1. The first-order valence-corrected chi connectivity index (χ1v) is 16.8. The topological polar surface area (TPSA) is 86.8 Å². The van der Waals surface area contributed by atoms with Crippen LogP contribution in [0.1, 0.15) is 37.5 Å². The van der Waals surface area contributed by atoms with Crippen LogP contribution in [0.25, 0.3) is 0 Å². The lowest BCUT2D eigenvalue weighted by molar-refractivity contribution is -0.140. The summed E-state index contributed by atoms with van der Waals surface area (Å²) >= 11 is 12.8. The summed E-state index contributed by atoms with van der Waals surface area (Å²) in [6, 6.07) is 24.3. The second kappa shape index (κ2) is 14.7. The molecule has 0 aliphatic rings. The minimum atomic E-state index is -4.36. The number of nitrogens with one attached hydrogen (secondary N) is 1. The van der Waals surface area contributed by atoms with E-state index < -0.39 is 45.8 Å². The van der Waals surface area contributed by atoms with Crippen molar-refractivity contribution in [2.24, 2.45) is 0 Å². The number of halogens is 3. The molecular weight excluding hydrogens is 648 g/mol. The van der Waals surface area contributed by atoms with Gasteiger partial charge in [0.1, 0.15) is 18.4 Å². The first-order valence-electron chi connectivity index (χ1n) is 14.6. The number of aryl methyl sites for hydroxylation is 1. The van der Waals surface area contributed by atoms with Crippen molar-refractivity contribution in [2.45, 2.75) is 57.1 Å². The molecule has 46 heavy (non-hydrogen) atoms. The van der Waals surface area contributed by atoms with Crippen LogP contribution in [0.2, 0.25) is 10.0 Å². The Bertz CT molecular complexity index is 1780. The number of carbonyl (C=O) groups excluding carboxylic acids is 2. The quantitative estimate of drug-likeness (QED) is 0.181. The molecule has 7 nitrogen and oxygen atoms in total. The third-order valence-corrected chi connectivity index (χ3v) is 9.43. The normalized spacial score (nSPS) is 12.3. The molecule has 4 rings (SSSR count). The fraction of sp³-hybridized carbons (Fsp3) is 0.257. The zero-order valence-electron chi connectivity index (χ0n) is 26.0. The summed E-state index contributed by atoms with van der Waals surface area (Å²) in [6.45, 7) is 6.50. The average Bonchev–Trinajstić information content (AvgIpc) is 2.99. The molecule has 0 aliphatic carbocycles. The van der Waals surface area contributed by atoms with Crippen molar-refractivity contribution in [2.75, 3.05) is 10.8 Å². The number of benzene rings is 4. The first-order chi connectivity index (χ1) is 21.6. The predicted octanol–water partition coefficient (Wildman–Crippen LogP) is 7.19. The van der Waals surface area contributed by atoms with E-state index in [1.165, 1.54) is 59.5 Å². The van der Waals surface area contributed by atoms with Gasteiger partial charge in [0, 0.05) is 23.5 Å². The van der Waals surface area contributed by atoms with Crippen LogP contribution in [0.5, 0.6) is 0 Å². The third-order valence-electron chi connectivity index (χ3n) is 7.10. The number of hydrogen-bond acceptors (Lipinski definition) is 4. The summed E-state index contributed by atoms with van der Waals surface area (Å²) in [5.41, 5.74) is 1.55. The van der Waals surface area contributed by atoms with Gasteiger partial charge in [-0.15, -0.1) is 0 Å². The molecule has 0 aromatic heterocycles. The molecule has 0 radical (unpaired) electrons. The summed E-state index contributed by atoms with van der Waals surface area (Å²) in [7, 11) is -4.36. The highest BCUT2D eigenvalue weighted by Crippen LogP contribution is 2.33. The first kappa shape index (κ1) is 34.9. The van der Waals surface area contributed by atoms with Crippen molar-refractivity contribution in [1.29, 1.82) is 0 Å². The predicted molar refractivity (Wildman–Crippen MR) is 181 cm³/mol. The van der Waals surface area contributed by atoms with Gasteiger partial charge in [-0.3, -0.25) is 13.9 Å². The zero-order chi connectivity index (χ0) is 33.6. The summed E-state index contributed by atoms with van der Waals surface area (Å²) in [4.78, 5) is 29.7. The lowest BCUT2D eigenvalue weighted by Crippen LogP contribution is -2.56. The molecule has 0 bridgehead atoms. The van der Waals surface area contributed by atoms with Crippen molar-refractivity contribution in [1.82, 2.24) is 10.2 Å². The minimum Gasteiger partial charge on any atom is -0.350 e.